The Labute approximate surface area is 148 Å². The smallest absolute Gasteiger partial charge is 0.227 e. The SMILES string of the molecule is CC(C)c1noc(CCC(=O)N(C2CC2)[C@H]2CCc3ccccc32)n1. The first-order valence-electron chi connectivity index (χ1n) is 9.35. The fourth-order valence-electron chi connectivity index (χ4n) is 3.76. The largest absolute Gasteiger partial charge is 0.339 e. The number of rotatable bonds is 6. The third-order valence-corrected chi connectivity index (χ3v) is 5.22. The van der Waals surface area contributed by atoms with Crippen molar-refractivity contribution in [2.24, 2.45) is 0 Å². The number of fused-ring (bicyclic) bond motifs is 1. The molecular formula is C20H25N3O2. The zero-order chi connectivity index (χ0) is 17.4. The van der Waals surface area contributed by atoms with Gasteiger partial charge in [0.2, 0.25) is 11.8 Å². The van der Waals surface area contributed by atoms with Crippen LogP contribution in [-0.4, -0.2) is 27.0 Å². The summed E-state index contributed by atoms with van der Waals surface area (Å²) in [5.41, 5.74) is 2.73. The first-order chi connectivity index (χ1) is 12.1. The number of aromatic nitrogens is 2. The molecule has 1 aromatic carbocycles. The van der Waals surface area contributed by atoms with Crippen LogP contribution in [0.1, 0.15) is 74.3 Å². The summed E-state index contributed by atoms with van der Waals surface area (Å²) in [6, 6.07) is 9.20. The minimum absolute atomic E-state index is 0.216. The van der Waals surface area contributed by atoms with Gasteiger partial charge in [-0.3, -0.25) is 4.79 Å². The molecule has 1 aromatic heterocycles. The van der Waals surface area contributed by atoms with E-state index in [-0.39, 0.29) is 17.9 Å². The normalized spacial score (nSPS) is 19.2. The summed E-state index contributed by atoms with van der Waals surface area (Å²) in [7, 11) is 0. The Balaban J connectivity index is 1.45. The third kappa shape index (κ3) is 3.32. The van der Waals surface area contributed by atoms with E-state index in [2.05, 4.69) is 39.3 Å². The Kier molecular flexibility index (Phi) is 4.32. The number of hydrogen-bond donors (Lipinski definition) is 0. The van der Waals surface area contributed by atoms with Crippen molar-refractivity contribution in [1.29, 1.82) is 0 Å². The van der Waals surface area contributed by atoms with Gasteiger partial charge in [-0.25, -0.2) is 0 Å². The zero-order valence-electron chi connectivity index (χ0n) is 14.9. The van der Waals surface area contributed by atoms with E-state index in [0.717, 1.165) is 25.7 Å². The molecule has 2 aliphatic rings. The highest BCUT2D eigenvalue weighted by atomic mass is 16.5. The van der Waals surface area contributed by atoms with Gasteiger partial charge in [0.15, 0.2) is 5.82 Å². The predicted molar refractivity (Wildman–Crippen MR) is 94.1 cm³/mol. The van der Waals surface area contributed by atoms with Crippen molar-refractivity contribution >= 4 is 5.91 Å². The van der Waals surface area contributed by atoms with Crippen LogP contribution in [0.5, 0.6) is 0 Å². The average molecular weight is 339 g/mol. The van der Waals surface area contributed by atoms with E-state index in [9.17, 15) is 4.79 Å². The van der Waals surface area contributed by atoms with E-state index in [4.69, 9.17) is 4.52 Å². The first kappa shape index (κ1) is 16.3. The summed E-state index contributed by atoms with van der Waals surface area (Å²) >= 11 is 0. The summed E-state index contributed by atoms with van der Waals surface area (Å²) in [5, 5.41) is 3.98. The van der Waals surface area contributed by atoms with Gasteiger partial charge < -0.3 is 9.42 Å². The number of hydrogen-bond acceptors (Lipinski definition) is 4. The van der Waals surface area contributed by atoms with E-state index < -0.39 is 0 Å². The minimum atomic E-state index is 0.216. The van der Waals surface area contributed by atoms with Crippen LogP contribution in [0.2, 0.25) is 0 Å². The lowest BCUT2D eigenvalue weighted by Crippen LogP contribution is -2.36. The van der Waals surface area contributed by atoms with E-state index in [1.807, 2.05) is 13.8 Å². The molecule has 5 heteroatoms. The highest BCUT2D eigenvalue weighted by Crippen LogP contribution is 2.42. The van der Waals surface area contributed by atoms with Crippen molar-refractivity contribution in [3.8, 4) is 0 Å². The van der Waals surface area contributed by atoms with Gasteiger partial charge in [0.05, 0.1) is 6.04 Å². The minimum Gasteiger partial charge on any atom is -0.339 e. The first-order valence-corrected chi connectivity index (χ1v) is 9.35. The van der Waals surface area contributed by atoms with Gasteiger partial charge in [-0.1, -0.05) is 43.3 Å². The molecule has 0 spiro atoms. The summed E-state index contributed by atoms with van der Waals surface area (Å²) in [5.74, 6) is 1.74. The zero-order valence-corrected chi connectivity index (χ0v) is 14.9. The summed E-state index contributed by atoms with van der Waals surface area (Å²) in [4.78, 5) is 19.5. The van der Waals surface area contributed by atoms with Gasteiger partial charge in [0.1, 0.15) is 0 Å². The fourth-order valence-corrected chi connectivity index (χ4v) is 3.76. The Morgan fingerprint density at radius 2 is 2.08 bits per heavy atom. The molecule has 1 fully saturated rings. The summed E-state index contributed by atoms with van der Waals surface area (Å²) in [6.45, 7) is 4.07. The molecule has 1 saturated carbocycles. The predicted octanol–water partition coefficient (Wildman–Crippen LogP) is 3.80. The highest BCUT2D eigenvalue weighted by Gasteiger charge is 2.40. The molecule has 0 saturated heterocycles. The number of carbonyl (C=O) groups is 1. The Bertz CT molecular complexity index is 764. The molecule has 2 aliphatic carbocycles. The molecule has 132 valence electrons. The van der Waals surface area contributed by atoms with Crippen molar-refractivity contribution in [2.45, 2.75) is 70.4 Å². The van der Waals surface area contributed by atoms with Crippen LogP contribution in [0.15, 0.2) is 28.8 Å². The fraction of sp³-hybridized carbons (Fsp3) is 0.550. The average Bonchev–Trinajstić information content (AvgIpc) is 3.17. The van der Waals surface area contributed by atoms with Crippen molar-refractivity contribution in [3.63, 3.8) is 0 Å². The standard InChI is InChI=1S/C20H25N3O2/c1-13(2)20-21-18(25-22-20)11-12-19(24)23(15-8-9-15)17-10-7-14-5-3-4-6-16(14)17/h3-6,13,15,17H,7-12H2,1-2H3/t17-/m0/s1. The quantitative estimate of drug-likeness (QED) is 0.803. The second kappa shape index (κ2) is 6.62. The molecule has 25 heavy (non-hydrogen) atoms. The summed E-state index contributed by atoms with van der Waals surface area (Å²) < 4.78 is 5.28. The lowest BCUT2D eigenvalue weighted by Gasteiger charge is -2.30. The molecule has 0 radical (unpaired) electrons. The molecule has 5 nitrogen and oxygen atoms in total. The summed E-state index contributed by atoms with van der Waals surface area (Å²) in [6.07, 6.45) is 5.33. The highest BCUT2D eigenvalue weighted by molar-refractivity contribution is 5.78. The van der Waals surface area contributed by atoms with E-state index in [1.165, 1.54) is 11.1 Å². The van der Waals surface area contributed by atoms with Gasteiger partial charge >= 0.3 is 0 Å². The van der Waals surface area contributed by atoms with Crippen LogP contribution < -0.4 is 0 Å². The number of nitrogens with zero attached hydrogens (tertiary/aromatic N) is 3. The maximum absolute atomic E-state index is 13.0. The van der Waals surface area contributed by atoms with Crippen LogP contribution >= 0.6 is 0 Å². The van der Waals surface area contributed by atoms with Crippen LogP contribution in [0.3, 0.4) is 0 Å². The maximum atomic E-state index is 13.0. The third-order valence-electron chi connectivity index (χ3n) is 5.22. The monoisotopic (exact) mass is 339 g/mol. The molecule has 4 rings (SSSR count). The lowest BCUT2D eigenvalue weighted by atomic mass is 10.1. The van der Waals surface area contributed by atoms with Crippen molar-refractivity contribution < 1.29 is 9.32 Å². The number of amides is 1. The van der Waals surface area contributed by atoms with Gasteiger partial charge in [0, 0.05) is 24.8 Å². The van der Waals surface area contributed by atoms with Crippen molar-refractivity contribution in [1.82, 2.24) is 15.0 Å². The van der Waals surface area contributed by atoms with E-state index in [0.29, 0.717) is 30.6 Å². The second-order valence-corrected chi connectivity index (χ2v) is 7.49. The van der Waals surface area contributed by atoms with E-state index >= 15 is 0 Å². The maximum Gasteiger partial charge on any atom is 0.227 e. The van der Waals surface area contributed by atoms with Gasteiger partial charge in [0.25, 0.3) is 0 Å². The van der Waals surface area contributed by atoms with Crippen molar-refractivity contribution in [3.05, 3.63) is 47.1 Å². The molecule has 1 amide bonds. The number of carbonyl (C=O) groups excluding carboxylic acids is 1. The van der Waals surface area contributed by atoms with E-state index in [1.54, 1.807) is 0 Å². The molecule has 2 aromatic rings. The Morgan fingerprint density at radius 1 is 1.28 bits per heavy atom. The molecule has 1 atom stereocenters. The van der Waals surface area contributed by atoms with Gasteiger partial charge in [-0.2, -0.15) is 4.98 Å². The lowest BCUT2D eigenvalue weighted by molar-refractivity contribution is -0.134. The second-order valence-electron chi connectivity index (χ2n) is 7.49. The molecule has 0 bridgehead atoms. The molecule has 0 unspecified atom stereocenters. The molecule has 0 aliphatic heterocycles. The van der Waals surface area contributed by atoms with Crippen molar-refractivity contribution in [2.75, 3.05) is 0 Å². The molecule has 0 N–H and O–H groups in total. The number of aryl methyl sites for hydroxylation is 2. The number of benzene rings is 1. The van der Waals surface area contributed by atoms with Crippen LogP contribution in [0, 0.1) is 0 Å². The molecular weight excluding hydrogens is 314 g/mol. The Hall–Kier alpha value is -2.17. The van der Waals surface area contributed by atoms with Gasteiger partial charge in [-0.15, -0.1) is 0 Å². The topological polar surface area (TPSA) is 59.2 Å². The van der Waals surface area contributed by atoms with Gasteiger partial charge in [-0.05, 0) is 36.8 Å². The van der Waals surface area contributed by atoms with Crippen LogP contribution in [0.4, 0.5) is 0 Å². The van der Waals surface area contributed by atoms with Crippen LogP contribution in [-0.2, 0) is 17.6 Å². The Morgan fingerprint density at radius 3 is 2.80 bits per heavy atom. The molecule has 1 heterocycles. The van der Waals surface area contributed by atoms with Crippen LogP contribution in [0.25, 0.3) is 0 Å².